The molecule has 0 amide bonds. The van der Waals surface area contributed by atoms with Crippen LogP contribution < -0.4 is 0 Å². The molecule has 0 aromatic carbocycles. The van der Waals surface area contributed by atoms with Gasteiger partial charge in [0.1, 0.15) is 0 Å². The van der Waals surface area contributed by atoms with Crippen LogP contribution in [0.1, 0.15) is 117 Å². The van der Waals surface area contributed by atoms with Gasteiger partial charge in [-0.1, -0.05) is 0 Å². The summed E-state index contributed by atoms with van der Waals surface area (Å²) in [6, 6.07) is 0. The molecule has 0 radical (unpaired) electrons. The van der Waals surface area contributed by atoms with Gasteiger partial charge in [0.2, 0.25) is 0 Å². The van der Waals surface area contributed by atoms with E-state index in [1.807, 2.05) is 13.8 Å². The molecule has 2 unspecified atom stereocenters. The fraction of sp³-hybridized carbons (Fsp3) is 1.00. The van der Waals surface area contributed by atoms with E-state index >= 15 is 8.78 Å². The number of hydrogen-bond donors (Lipinski definition) is 0. The Kier molecular flexibility index (Phi) is 20.8. The Bertz CT molecular complexity index is 712. The van der Waals surface area contributed by atoms with Crippen molar-refractivity contribution in [2.45, 2.75) is 161 Å². The number of rotatable bonds is 28. The zero-order valence-corrected chi connectivity index (χ0v) is 28.5. The van der Waals surface area contributed by atoms with Crippen molar-refractivity contribution in [3.63, 3.8) is 0 Å². The molecule has 0 rings (SSSR count). The molecule has 0 saturated heterocycles. The van der Waals surface area contributed by atoms with Gasteiger partial charge < -0.3 is 0 Å². The van der Waals surface area contributed by atoms with Gasteiger partial charge in [-0.15, -0.1) is 0 Å². The van der Waals surface area contributed by atoms with Crippen LogP contribution in [-0.4, -0.2) is 77.3 Å². The van der Waals surface area contributed by atoms with E-state index in [4.69, 9.17) is 6.15 Å². The van der Waals surface area contributed by atoms with Gasteiger partial charge in [-0.2, -0.15) is 0 Å². The normalized spacial score (nSPS) is 15.3. The molecule has 0 saturated carbocycles. The SMILES string of the molecule is CCCCCCCCCC[O][Sn]([O]CCCCCCCCCC)([CH](F)C(F)(F)C(F)(F)C(F)F)[CH](F)C(F)(F)C(F)(F)C(F)F. The van der Waals surface area contributed by atoms with Gasteiger partial charge in [-0.05, 0) is 0 Å². The van der Waals surface area contributed by atoms with Crippen molar-refractivity contribution in [3.8, 4) is 0 Å². The van der Waals surface area contributed by atoms with Crippen LogP contribution in [0.25, 0.3) is 0 Å². The number of alkyl halides is 14. The molecule has 0 N–H and O–H groups in total. The van der Waals surface area contributed by atoms with Crippen LogP contribution in [0.2, 0.25) is 0 Å². The van der Waals surface area contributed by atoms with E-state index in [1.165, 1.54) is 0 Å². The van der Waals surface area contributed by atoms with Crippen LogP contribution in [0, 0.1) is 0 Å². The molecule has 0 spiro atoms. The van der Waals surface area contributed by atoms with Gasteiger partial charge >= 0.3 is 262 Å². The Labute approximate surface area is 261 Å². The molecule has 0 aliphatic heterocycles. The Morgan fingerprint density at radius 1 is 0.400 bits per heavy atom. The van der Waals surface area contributed by atoms with E-state index in [-0.39, 0.29) is 25.7 Å². The molecule has 0 fully saturated rings. The molecular weight excluding hydrogens is 753 g/mol. The van der Waals surface area contributed by atoms with Crippen molar-refractivity contribution in [3.05, 3.63) is 0 Å². The zero-order valence-electron chi connectivity index (χ0n) is 25.6. The molecule has 45 heavy (non-hydrogen) atoms. The molecule has 0 heterocycles. The minimum atomic E-state index is -8.30. The first-order valence-electron chi connectivity index (χ1n) is 15.5. The van der Waals surface area contributed by atoms with Gasteiger partial charge in [0.05, 0.1) is 0 Å². The van der Waals surface area contributed by atoms with Crippen molar-refractivity contribution in [2.24, 2.45) is 0 Å². The predicted molar refractivity (Wildman–Crippen MR) is 144 cm³/mol. The first kappa shape index (κ1) is 44.7. The Morgan fingerprint density at radius 3 is 0.889 bits per heavy atom. The van der Waals surface area contributed by atoms with E-state index in [0.29, 0.717) is 25.7 Å². The summed E-state index contributed by atoms with van der Waals surface area (Å²) < 4.78 is 196. The fourth-order valence-corrected chi connectivity index (χ4v) is 13.8. The molecule has 0 bridgehead atoms. The third-order valence-electron chi connectivity index (χ3n) is 7.43. The Hall–Kier alpha value is -0.261. The summed E-state index contributed by atoms with van der Waals surface area (Å²) in [5.74, 6) is -26.5. The van der Waals surface area contributed by atoms with Crippen LogP contribution in [-0.2, 0) is 6.15 Å². The van der Waals surface area contributed by atoms with Crippen molar-refractivity contribution >= 4 is 19.2 Å². The van der Waals surface area contributed by atoms with Gasteiger partial charge in [-0.3, -0.25) is 0 Å². The molecule has 2 nitrogen and oxygen atoms in total. The third kappa shape index (κ3) is 12.6. The van der Waals surface area contributed by atoms with Crippen LogP contribution >= 0.6 is 0 Å². The molecule has 0 aliphatic rings. The average molecular weight is 799 g/mol. The first-order valence-corrected chi connectivity index (χ1v) is 21.1. The van der Waals surface area contributed by atoms with Crippen LogP contribution in [0.3, 0.4) is 0 Å². The van der Waals surface area contributed by atoms with Gasteiger partial charge in [0.25, 0.3) is 0 Å². The second-order valence-corrected chi connectivity index (χ2v) is 19.8. The second kappa shape index (κ2) is 21.0. The number of hydrogen-bond acceptors (Lipinski definition) is 2. The minimum absolute atomic E-state index is 0.132. The summed E-state index contributed by atoms with van der Waals surface area (Å²) in [4.78, 5) is 0. The maximum absolute atomic E-state index is 15.5. The molecule has 2 atom stereocenters. The van der Waals surface area contributed by atoms with E-state index < -0.39 is 77.3 Å². The Morgan fingerprint density at radius 2 is 0.644 bits per heavy atom. The molecule has 272 valence electrons. The van der Waals surface area contributed by atoms with E-state index in [9.17, 15) is 52.7 Å². The summed E-state index contributed by atoms with van der Waals surface area (Å²) in [6.07, 6.45) is -1.90. The van der Waals surface area contributed by atoms with Crippen molar-refractivity contribution in [2.75, 3.05) is 13.2 Å². The van der Waals surface area contributed by atoms with Crippen molar-refractivity contribution in [1.29, 1.82) is 0 Å². The molecule has 0 aromatic heterocycles. The summed E-state index contributed by atoms with van der Waals surface area (Å²) in [7, 11) is 0. The monoisotopic (exact) mass is 800 g/mol. The summed E-state index contributed by atoms with van der Waals surface area (Å²) in [5.41, 5.74) is 0. The predicted octanol–water partition coefficient (Wildman–Crippen LogP) is 11.6. The van der Waals surface area contributed by atoms with E-state index in [0.717, 1.165) is 51.4 Å². The standard InChI is InChI=1S/2C10H21O.2C4H2F7.Sn/c2*1-2-3-4-5-6-7-8-9-10-11;2*5-1-3(8,9)4(10,11)2(6)7;/h2*2-10H2,1H3;2*1-2H;/q2*-1;;;+2. The molecule has 0 aromatic rings. The zero-order chi connectivity index (χ0) is 35.0. The summed E-state index contributed by atoms with van der Waals surface area (Å²) in [6.45, 7) is 1.67. The summed E-state index contributed by atoms with van der Waals surface area (Å²) >= 11 is -8.30. The quantitative estimate of drug-likeness (QED) is 0.0446. The summed E-state index contributed by atoms with van der Waals surface area (Å²) in [5, 5.41) is 0. The number of unbranched alkanes of at least 4 members (excludes halogenated alkanes) is 14. The molecular formula is C28H46F14O2Sn. The molecule has 0 aliphatic carbocycles. The Balaban J connectivity index is 6.35. The third-order valence-corrected chi connectivity index (χ3v) is 17.3. The first-order chi connectivity index (χ1) is 20.8. The van der Waals surface area contributed by atoms with Crippen LogP contribution in [0.15, 0.2) is 0 Å². The van der Waals surface area contributed by atoms with E-state index in [2.05, 4.69) is 0 Å². The van der Waals surface area contributed by atoms with Crippen molar-refractivity contribution in [1.82, 2.24) is 0 Å². The van der Waals surface area contributed by atoms with Gasteiger partial charge in [0, 0.05) is 0 Å². The van der Waals surface area contributed by atoms with Crippen LogP contribution in [0.4, 0.5) is 61.5 Å². The molecule has 17 heteroatoms. The van der Waals surface area contributed by atoms with Crippen LogP contribution in [0.5, 0.6) is 0 Å². The van der Waals surface area contributed by atoms with Gasteiger partial charge in [-0.25, -0.2) is 0 Å². The number of halogens is 14. The second-order valence-electron chi connectivity index (χ2n) is 11.2. The van der Waals surface area contributed by atoms with E-state index in [1.54, 1.807) is 0 Å². The van der Waals surface area contributed by atoms with Gasteiger partial charge in [0.15, 0.2) is 0 Å². The fourth-order valence-electron chi connectivity index (χ4n) is 4.53. The van der Waals surface area contributed by atoms with Crippen molar-refractivity contribution < 1.29 is 67.6 Å². The maximum atomic E-state index is 15.5. The average Bonchev–Trinajstić information content (AvgIpc) is 2.97. The topological polar surface area (TPSA) is 18.5 Å².